The minimum Gasteiger partial charge on any atom is -0.348 e. The van der Waals surface area contributed by atoms with Gasteiger partial charge in [-0.3, -0.25) is 19.4 Å². The van der Waals surface area contributed by atoms with E-state index in [0.717, 1.165) is 11.1 Å². The van der Waals surface area contributed by atoms with Crippen LogP contribution in [0.15, 0.2) is 53.5 Å². The Morgan fingerprint density at radius 2 is 1.90 bits per heavy atom. The highest BCUT2D eigenvalue weighted by Gasteiger charge is 2.19. The minimum absolute atomic E-state index is 0.0241. The van der Waals surface area contributed by atoms with E-state index in [1.54, 1.807) is 29.0 Å². The molecule has 0 unspecified atom stereocenters. The van der Waals surface area contributed by atoms with Crippen LogP contribution in [0.25, 0.3) is 16.7 Å². The summed E-state index contributed by atoms with van der Waals surface area (Å²) in [5.41, 5.74) is 2.20. The molecule has 158 valence electrons. The third kappa shape index (κ3) is 3.61. The van der Waals surface area contributed by atoms with E-state index in [1.165, 1.54) is 22.6 Å². The number of fused-ring (bicyclic) bond motifs is 2. The fourth-order valence-electron chi connectivity index (χ4n) is 3.61. The predicted molar refractivity (Wildman–Crippen MR) is 116 cm³/mol. The van der Waals surface area contributed by atoms with Crippen molar-refractivity contribution in [2.45, 2.75) is 33.4 Å². The van der Waals surface area contributed by atoms with Crippen molar-refractivity contribution in [3.8, 4) is 0 Å². The van der Waals surface area contributed by atoms with Crippen LogP contribution in [0, 0.1) is 18.2 Å². The fourth-order valence-corrected chi connectivity index (χ4v) is 3.61. The first kappa shape index (κ1) is 20.5. The Kier molecular flexibility index (Phi) is 5.14. The Labute approximate surface area is 177 Å². The van der Waals surface area contributed by atoms with Gasteiger partial charge < -0.3 is 9.88 Å². The molecule has 3 aromatic heterocycles. The number of hydrogen-bond donors (Lipinski definition) is 2. The van der Waals surface area contributed by atoms with Gasteiger partial charge in [0.15, 0.2) is 0 Å². The molecule has 1 aromatic carbocycles. The van der Waals surface area contributed by atoms with Crippen molar-refractivity contribution in [3.63, 3.8) is 0 Å². The molecule has 0 saturated heterocycles. The number of aryl methyl sites for hydroxylation is 1. The number of aromatic nitrogens is 3. The Hall–Kier alpha value is -3.81. The highest BCUT2D eigenvalue weighted by molar-refractivity contribution is 5.96. The molecule has 7 nitrogen and oxygen atoms in total. The molecule has 2 N–H and O–H groups in total. The van der Waals surface area contributed by atoms with Gasteiger partial charge in [-0.05, 0) is 56.2 Å². The van der Waals surface area contributed by atoms with Crippen molar-refractivity contribution in [1.82, 2.24) is 19.3 Å². The summed E-state index contributed by atoms with van der Waals surface area (Å²) in [5.74, 6) is -0.842. The third-order valence-electron chi connectivity index (χ3n) is 5.20. The van der Waals surface area contributed by atoms with Crippen molar-refractivity contribution < 1.29 is 9.18 Å². The Bertz CT molecular complexity index is 1440. The van der Waals surface area contributed by atoms with Gasteiger partial charge in [0.2, 0.25) is 0 Å². The molecule has 0 aliphatic carbocycles. The predicted octanol–water partition coefficient (Wildman–Crippen LogP) is 3.09. The summed E-state index contributed by atoms with van der Waals surface area (Å²) in [7, 11) is 0. The molecule has 0 aliphatic heterocycles. The molecule has 0 saturated carbocycles. The van der Waals surface area contributed by atoms with E-state index in [-0.39, 0.29) is 40.4 Å². The number of halogens is 1. The normalized spacial score (nSPS) is 11.4. The van der Waals surface area contributed by atoms with Gasteiger partial charge in [-0.1, -0.05) is 18.2 Å². The van der Waals surface area contributed by atoms with E-state index >= 15 is 0 Å². The Morgan fingerprint density at radius 3 is 2.58 bits per heavy atom. The molecule has 3 heterocycles. The summed E-state index contributed by atoms with van der Waals surface area (Å²) in [4.78, 5) is 30.8. The molecule has 31 heavy (non-hydrogen) atoms. The van der Waals surface area contributed by atoms with Crippen LogP contribution in [-0.4, -0.2) is 19.9 Å². The number of hydrogen-bond acceptors (Lipinski definition) is 4. The first-order valence-corrected chi connectivity index (χ1v) is 9.92. The third-order valence-corrected chi connectivity index (χ3v) is 5.20. The lowest BCUT2D eigenvalue weighted by molar-refractivity contribution is 0.0948. The van der Waals surface area contributed by atoms with Gasteiger partial charge >= 0.3 is 0 Å². The quantitative estimate of drug-likeness (QED) is 0.498. The van der Waals surface area contributed by atoms with Crippen molar-refractivity contribution in [1.29, 1.82) is 5.41 Å². The summed E-state index contributed by atoms with van der Waals surface area (Å²) in [6.07, 6.45) is 1.64. The molecule has 8 heteroatoms. The van der Waals surface area contributed by atoms with Crippen LogP contribution in [0.1, 0.15) is 41.4 Å². The van der Waals surface area contributed by atoms with Crippen molar-refractivity contribution in [3.05, 3.63) is 87.0 Å². The summed E-state index contributed by atoms with van der Waals surface area (Å²) in [6, 6.07) is 10.7. The highest BCUT2D eigenvalue weighted by atomic mass is 19.1. The van der Waals surface area contributed by atoms with Crippen LogP contribution in [0.3, 0.4) is 0 Å². The van der Waals surface area contributed by atoms with E-state index in [4.69, 9.17) is 5.41 Å². The molecule has 1 amide bonds. The van der Waals surface area contributed by atoms with Crippen LogP contribution >= 0.6 is 0 Å². The van der Waals surface area contributed by atoms with Crippen LogP contribution < -0.4 is 16.4 Å². The van der Waals surface area contributed by atoms with Gasteiger partial charge in [-0.2, -0.15) is 0 Å². The lowest BCUT2D eigenvalue weighted by Gasteiger charge is -2.17. The molecule has 0 aliphatic rings. The summed E-state index contributed by atoms with van der Waals surface area (Å²) < 4.78 is 16.1. The average Bonchev–Trinajstić information content (AvgIpc) is 2.73. The number of benzene rings is 1. The Morgan fingerprint density at radius 1 is 1.19 bits per heavy atom. The van der Waals surface area contributed by atoms with Gasteiger partial charge in [0, 0.05) is 18.8 Å². The van der Waals surface area contributed by atoms with Gasteiger partial charge in [-0.25, -0.2) is 9.37 Å². The maximum atomic E-state index is 13.2. The molecule has 0 bridgehead atoms. The zero-order valence-corrected chi connectivity index (χ0v) is 17.4. The monoisotopic (exact) mass is 419 g/mol. The van der Waals surface area contributed by atoms with Crippen LogP contribution in [0.4, 0.5) is 4.39 Å². The first-order chi connectivity index (χ1) is 14.8. The second-order valence-electron chi connectivity index (χ2n) is 7.72. The molecule has 0 fully saturated rings. The number of rotatable bonds is 4. The van der Waals surface area contributed by atoms with E-state index < -0.39 is 5.91 Å². The zero-order valence-electron chi connectivity index (χ0n) is 17.4. The fraction of sp³-hybridized carbons (Fsp3) is 0.217. The molecule has 0 spiro atoms. The second-order valence-corrected chi connectivity index (χ2v) is 7.72. The molecular formula is C23H22FN5O2. The second kappa shape index (κ2) is 7.79. The minimum atomic E-state index is -0.487. The maximum Gasteiger partial charge on any atom is 0.267 e. The molecular weight excluding hydrogens is 397 g/mol. The van der Waals surface area contributed by atoms with E-state index in [9.17, 15) is 14.0 Å². The molecule has 4 aromatic rings. The summed E-state index contributed by atoms with van der Waals surface area (Å²) in [6.45, 7) is 5.79. The molecule has 4 rings (SSSR count). The summed E-state index contributed by atoms with van der Waals surface area (Å²) in [5, 5.41) is 11.6. The number of amides is 1. The topological polar surface area (TPSA) is 92.3 Å². The van der Waals surface area contributed by atoms with Crippen LogP contribution in [0.2, 0.25) is 0 Å². The summed E-state index contributed by atoms with van der Waals surface area (Å²) >= 11 is 0. The van der Waals surface area contributed by atoms with Crippen LogP contribution in [-0.2, 0) is 6.54 Å². The van der Waals surface area contributed by atoms with Crippen molar-refractivity contribution in [2.75, 3.05) is 0 Å². The van der Waals surface area contributed by atoms with E-state index in [0.29, 0.717) is 11.3 Å². The maximum absolute atomic E-state index is 13.2. The van der Waals surface area contributed by atoms with Gasteiger partial charge in [0.25, 0.3) is 11.5 Å². The standard InChI is InChI=1S/C23H22FN5O2/c1-13(2)29-19(25)17(22(30)26-12-15-6-8-16(24)9-7-15)11-18-21(29)27-20-14(3)5-4-10-28(20)23(18)31/h4-11,13,25H,12H2,1-3H3,(H,26,30). The van der Waals surface area contributed by atoms with E-state index in [1.807, 2.05) is 26.8 Å². The lowest BCUT2D eigenvalue weighted by Crippen LogP contribution is -2.35. The average molecular weight is 419 g/mol. The largest absolute Gasteiger partial charge is 0.348 e. The molecule has 0 radical (unpaired) electrons. The number of nitrogens with one attached hydrogen (secondary N) is 2. The van der Waals surface area contributed by atoms with Crippen molar-refractivity contribution >= 4 is 22.6 Å². The Balaban J connectivity index is 1.87. The van der Waals surface area contributed by atoms with Gasteiger partial charge in [0.1, 0.15) is 22.6 Å². The molecule has 0 atom stereocenters. The first-order valence-electron chi connectivity index (χ1n) is 9.92. The van der Waals surface area contributed by atoms with E-state index in [2.05, 4.69) is 10.3 Å². The smallest absolute Gasteiger partial charge is 0.267 e. The number of carbonyl (C=O) groups is 1. The highest BCUT2D eigenvalue weighted by Crippen LogP contribution is 2.16. The van der Waals surface area contributed by atoms with Crippen LogP contribution in [0.5, 0.6) is 0 Å². The van der Waals surface area contributed by atoms with Gasteiger partial charge in [0.05, 0.1) is 10.9 Å². The van der Waals surface area contributed by atoms with Gasteiger partial charge in [-0.15, -0.1) is 0 Å². The number of nitrogens with zero attached hydrogens (tertiary/aromatic N) is 3. The number of carbonyl (C=O) groups excluding carboxylic acids is 1. The SMILES string of the molecule is Cc1cccn2c(=O)c3cc(C(=O)NCc4ccc(F)cc4)c(=N)n(C(C)C)c3nc12. The lowest BCUT2D eigenvalue weighted by atomic mass is 10.1. The number of pyridine rings is 2. The zero-order chi connectivity index (χ0) is 22.3. The van der Waals surface area contributed by atoms with Crippen molar-refractivity contribution in [2.24, 2.45) is 0 Å².